The molecule has 0 heterocycles. The summed E-state index contributed by atoms with van der Waals surface area (Å²) in [6.45, 7) is 0.622. The lowest BCUT2D eigenvalue weighted by Crippen LogP contribution is -2.19. The van der Waals surface area contributed by atoms with E-state index in [0.29, 0.717) is 6.61 Å². The molecular formula is C17H19NO2S. The molecule has 21 heavy (non-hydrogen) atoms. The summed E-state index contributed by atoms with van der Waals surface area (Å²) in [6, 6.07) is 17.8. The summed E-state index contributed by atoms with van der Waals surface area (Å²) in [5.74, 6) is -0.121. The van der Waals surface area contributed by atoms with E-state index in [1.54, 1.807) is 11.8 Å². The van der Waals surface area contributed by atoms with Crippen LogP contribution in [0.2, 0.25) is 0 Å². The molecule has 0 aliphatic rings. The minimum absolute atomic E-state index is 0.0789. The summed E-state index contributed by atoms with van der Waals surface area (Å²) < 4.78 is 5.43. The first-order valence-corrected chi connectivity index (χ1v) is 8.06. The van der Waals surface area contributed by atoms with E-state index in [-0.39, 0.29) is 12.5 Å². The number of thioether (sulfide) groups is 1. The summed E-state index contributed by atoms with van der Waals surface area (Å²) in [5.41, 5.74) is 2.05. The van der Waals surface area contributed by atoms with Crippen LogP contribution in [0.4, 0.5) is 5.69 Å². The number of rotatable bonds is 7. The number of carbonyl (C=O) groups excluding carboxylic acids is 1. The van der Waals surface area contributed by atoms with E-state index in [9.17, 15) is 4.79 Å². The highest BCUT2D eigenvalue weighted by Gasteiger charge is 2.05. The molecule has 2 aromatic carbocycles. The molecule has 110 valence electrons. The van der Waals surface area contributed by atoms with Crippen LogP contribution in [0.15, 0.2) is 59.5 Å². The fourth-order valence-corrected chi connectivity index (χ4v) is 2.49. The molecular weight excluding hydrogens is 282 g/mol. The average Bonchev–Trinajstić information content (AvgIpc) is 2.53. The predicted molar refractivity (Wildman–Crippen MR) is 87.8 cm³/mol. The number of anilines is 1. The van der Waals surface area contributed by atoms with Gasteiger partial charge in [0.2, 0.25) is 5.91 Å². The SMILES string of the molecule is CSc1ccccc1NC(=O)COCCc1ccccc1. The summed E-state index contributed by atoms with van der Waals surface area (Å²) in [4.78, 5) is 12.9. The van der Waals surface area contributed by atoms with E-state index in [1.807, 2.05) is 48.7 Å². The number of carbonyl (C=O) groups is 1. The summed E-state index contributed by atoms with van der Waals surface area (Å²) in [6.07, 6.45) is 2.80. The van der Waals surface area contributed by atoms with Gasteiger partial charge in [-0.25, -0.2) is 0 Å². The van der Waals surface area contributed by atoms with Crippen LogP contribution in [-0.4, -0.2) is 25.4 Å². The lowest BCUT2D eigenvalue weighted by Gasteiger charge is -2.09. The molecule has 0 aliphatic carbocycles. The van der Waals surface area contributed by atoms with Crippen molar-refractivity contribution in [3.63, 3.8) is 0 Å². The Bertz CT molecular complexity index is 572. The van der Waals surface area contributed by atoms with Crippen LogP contribution in [0.3, 0.4) is 0 Å². The lowest BCUT2D eigenvalue weighted by atomic mass is 10.2. The highest BCUT2D eigenvalue weighted by molar-refractivity contribution is 7.98. The first kappa shape index (κ1) is 15.6. The van der Waals surface area contributed by atoms with Gasteiger partial charge in [0.25, 0.3) is 0 Å². The Kier molecular flexibility index (Phi) is 6.31. The number of ether oxygens (including phenoxy) is 1. The van der Waals surface area contributed by atoms with Crippen molar-refractivity contribution in [3.05, 3.63) is 60.2 Å². The molecule has 2 aromatic rings. The molecule has 3 nitrogen and oxygen atoms in total. The van der Waals surface area contributed by atoms with Crippen molar-refractivity contribution < 1.29 is 9.53 Å². The summed E-state index contributed by atoms with van der Waals surface area (Å²) in [5, 5.41) is 2.88. The maximum absolute atomic E-state index is 11.8. The van der Waals surface area contributed by atoms with Gasteiger partial charge in [-0.3, -0.25) is 4.79 Å². The van der Waals surface area contributed by atoms with E-state index in [2.05, 4.69) is 17.4 Å². The number of amides is 1. The van der Waals surface area contributed by atoms with Gasteiger partial charge in [0.1, 0.15) is 6.61 Å². The minimum Gasteiger partial charge on any atom is -0.371 e. The lowest BCUT2D eigenvalue weighted by molar-refractivity contribution is -0.120. The van der Waals surface area contributed by atoms with E-state index in [0.717, 1.165) is 17.0 Å². The molecule has 2 rings (SSSR count). The summed E-state index contributed by atoms with van der Waals surface area (Å²) >= 11 is 1.61. The quantitative estimate of drug-likeness (QED) is 0.627. The van der Waals surface area contributed by atoms with Gasteiger partial charge >= 0.3 is 0 Å². The number of para-hydroxylation sites is 1. The first-order chi connectivity index (χ1) is 10.3. The zero-order valence-electron chi connectivity index (χ0n) is 12.0. The van der Waals surface area contributed by atoms with Gasteiger partial charge in [-0.05, 0) is 30.4 Å². The molecule has 0 fully saturated rings. The third kappa shape index (κ3) is 5.25. The topological polar surface area (TPSA) is 38.3 Å². The molecule has 0 saturated carbocycles. The van der Waals surface area contributed by atoms with Crippen LogP contribution < -0.4 is 5.32 Å². The van der Waals surface area contributed by atoms with Gasteiger partial charge in [0.05, 0.1) is 12.3 Å². The standard InChI is InChI=1S/C17H19NO2S/c1-21-16-10-6-5-9-15(16)18-17(19)13-20-12-11-14-7-3-2-4-8-14/h2-10H,11-13H2,1H3,(H,18,19). The van der Waals surface area contributed by atoms with Gasteiger partial charge in [-0.2, -0.15) is 0 Å². The van der Waals surface area contributed by atoms with Crippen LogP contribution in [0.5, 0.6) is 0 Å². The molecule has 0 spiro atoms. The number of hydrogen-bond acceptors (Lipinski definition) is 3. The Labute approximate surface area is 129 Å². The third-order valence-corrected chi connectivity index (χ3v) is 3.79. The zero-order chi connectivity index (χ0) is 14.9. The molecule has 0 saturated heterocycles. The van der Waals surface area contributed by atoms with Crippen LogP contribution >= 0.6 is 11.8 Å². The van der Waals surface area contributed by atoms with Crippen molar-refractivity contribution in [2.45, 2.75) is 11.3 Å². The van der Waals surface area contributed by atoms with Crippen molar-refractivity contribution in [3.8, 4) is 0 Å². The average molecular weight is 301 g/mol. The van der Waals surface area contributed by atoms with Gasteiger partial charge in [0.15, 0.2) is 0 Å². The Morgan fingerprint density at radius 2 is 1.81 bits per heavy atom. The Balaban J connectivity index is 1.72. The van der Waals surface area contributed by atoms with Crippen molar-refractivity contribution in [2.24, 2.45) is 0 Å². The van der Waals surface area contributed by atoms with Crippen LogP contribution in [0.1, 0.15) is 5.56 Å². The Hall–Kier alpha value is -1.78. The molecule has 0 bridgehead atoms. The monoisotopic (exact) mass is 301 g/mol. The summed E-state index contributed by atoms with van der Waals surface area (Å²) in [7, 11) is 0. The number of nitrogens with one attached hydrogen (secondary N) is 1. The molecule has 0 aliphatic heterocycles. The predicted octanol–water partition coefficient (Wildman–Crippen LogP) is 3.61. The molecule has 1 amide bonds. The second-order valence-corrected chi connectivity index (χ2v) is 5.38. The normalized spacial score (nSPS) is 10.3. The van der Waals surface area contributed by atoms with Crippen molar-refractivity contribution >= 4 is 23.4 Å². The second-order valence-electron chi connectivity index (χ2n) is 4.54. The van der Waals surface area contributed by atoms with Crippen molar-refractivity contribution in [1.29, 1.82) is 0 Å². The second kappa shape index (κ2) is 8.49. The minimum atomic E-state index is -0.121. The van der Waals surface area contributed by atoms with Crippen LogP contribution in [-0.2, 0) is 16.0 Å². The molecule has 0 aromatic heterocycles. The zero-order valence-corrected chi connectivity index (χ0v) is 12.9. The maximum atomic E-state index is 11.8. The van der Waals surface area contributed by atoms with Gasteiger partial charge in [-0.15, -0.1) is 11.8 Å². The van der Waals surface area contributed by atoms with Crippen LogP contribution in [0, 0.1) is 0 Å². The van der Waals surface area contributed by atoms with Crippen molar-refractivity contribution in [1.82, 2.24) is 0 Å². The molecule has 0 unspecified atom stereocenters. The van der Waals surface area contributed by atoms with E-state index < -0.39 is 0 Å². The highest BCUT2D eigenvalue weighted by Crippen LogP contribution is 2.24. The third-order valence-electron chi connectivity index (χ3n) is 2.99. The number of benzene rings is 2. The highest BCUT2D eigenvalue weighted by atomic mass is 32.2. The van der Waals surface area contributed by atoms with Gasteiger partial charge < -0.3 is 10.1 Å². The largest absolute Gasteiger partial charge is 0.371 e. The smallest absolute Gasteiger partial charge is 0.250 e. The van der Waals surface area contributed by atoms with Crippen LogP contribution in [0.25, 0.3) is 0 Å². The van der Waals surface area contributed by atoms with Crippen molar-refractivity contribution in [2.75, 3.05) is 24.8 Å². The molecule has 4 heteroatoms. The van der Waals surface area contributed by atoms with Gasteiger partial charge in [-0.1, -0.05) is 42.5 Å². The first-order valence-electron chi connectivity index (χ1n) is 6.84. The fraction of sp³-hybridized carbons (Fsp3) is 0.235. The van der Waals surface area contributed by atoms with E-state index >= 15 is 0 Å². The molecule has 1 N–H and O–H groups in total. The fourth-order valence-electron chi connectivity index (χ4n) is 1.93. The Morgan fingerprint density at radius 3 is 2.57 bits per heavy atom. The molecule has 0 atom stereocenters. The van der Waals surface area contributed by atoms with E-state index in [4.69, 9.17) is 4.74 Å². The van der Waals surface area contributed by atoms with Gasteiger partial charge in [0, 0.05) is 4.90 Å². The van der Waals surface area contributed by atoms with E-state index in [1.165, 1.54) is 5.56 Å². The Morgan fingerprint density at radius 1 is 1.10 bits per heavy atom. The maximum Gasteiger partial charge on any atom is 0.250 e. The number of hydrogen-bond donors (Lipinski definition) is 1. The molecule has 0 radical (unpaired) electrons.